The molecule has 0 amide bonds. The van der Waals surface area contributed by atoms with Gasteiger partial charge in [0.15, 0.2) is 6.49 Å². The van der Waals surface area contributed by atoms with Gasteiger partial charge in [0, 0.05) is 11.3 Å². The van der Waals surface area contributed by atoms with Crippen LogP contribution in [0.1, 0.15) is 54.4 Å². The average Bonchev–Trinajstić information content (AvgIpc) is 2.24. The molecule has 0 spiro atoms. The summed E-state index contributed by atoms with van der Waals surface area (Å²) in [5, 5.41) is 0. The smallest absolute Gasteiger partial charge is 0.175 e. The highest BCUT2D eigenvalue weighted by Crippen LogP contribution is 2.64. The van der Waals surface area contributed by atoms with Crippen LogP contribution in [0.3, 0.4) is 0 Å². The van der Waals surface area contributed by atoms with Crippen LogP contribution >= 0.6 is 17.7 Å². The van der Waals surface area contributed by atoms with E-state index in [0.717, 1.165) is 12.8 Å². The van der Waals surface area contributed by atoms with Crippen LogP contribution in [0.15, 0.2) is 0 Å². The van der Waals surface area contributed by atoms with Gasteiger partial charge in [0.1, 0.15) is 0 Å². The summed E-state index contributed by atoms with van der Waals surface area (Å²) in [6.07, 6.45) is 2.09. The summed E-state index contributed by atoms with van der Waals surface area (Å²) < 4.78 is 12.6. The van der Waals surface area contributed by atoms with Crippen molar-refractivity contribution >= 4 is 17.7 Å². The molecule has 0 bridgehead atoms. The molecule has 0 fully saturated rings. The second kappa shape index (κ2) is 6.30. The quantitative estimate of drug-likeness (QED) is 0.581. The molecular formula is C12H26ClOP. The molecule has 0 aliphatic rings. The van der Waals surface area contributed by atoms with Gasteiger partial charge in [0.2, 0.25) is 0 Å². The fourth-order valence-electron chi connectivity index (χ4n) is 1.75. The topological polar surface area (TPSA) is 17.1 Å². The maximum absolute atomic E-state index is 12.6. The summed E-state index contributed by atoms with van der Waals surface area (Å²) in [5.74, 6) is 0.889. The van der Waals surface area contributed by atoms with Crippen molar-refractivity contribution in [1.29, 1.82) is 0 Å². The molecule has 4 atom stereocenters. The molecule has 0 heterocycles. The molecule has 15 heavy (non-hydrogen) atoms. The minimum atomic E-state index is -2.55. The van der Waals surface area contributed by atoms with Crippen molar-refractivity contribution < 1.29 is 4.57 Å². The van der Waals surface area contributed by atoms with Crippen molar-refractivity contribution in [1.82, 2.24) is 0 Å². The van der Waals surface area contributed by atoms with Crippen molar-refractivity contribution in [3.63, 3.8) is 0 Å². The Hall–Kier alpha value is 0.520. The number of rotatable bonds is 6. The monoisotopic (exact) mass is 252 g/mol. The molecule has 92 valence electrons. The Morgan fingerprint density at radius 2 is 1.20 bits per heavy atom. The highest BCUT2D eigenvalue weighted by molar-refractivity contribution is 7.90. The lowest BCUT2D eigenvalue weighted by Crippen LogP contribution is -2.21. The molecule has 0 aromatic heterocycles. The third kappa shape index (κ3) is 3.79. The average molecular weight is 253 g/mol. The molecule has 0 aromatic carbocycles. The van der Waals surface area contributed by atoms with Crippen LogP contribution in [-0.4, -0.2) is 11.3 Å². The maximum Gasteiger partial charge on any atom is 0.175 e. The lowest BCUT2D eigenvalue weighted by atomic mass is 10.1. The maximum atomic E-state index is 12.6. The molecule has 0 aromatic rings. The van der Waals surface area contributed by atoms with Gasteiger partial charge < -0.3 is 4.57 Å². The molecule has 3 heteroatoms. The van der Waals surface area contributed by atoms with Crippen LogP contribution in [-0.2, 0) is 4.57 Å². The van der Waals surface area contributed by atoms with E-state index in [1.807, 2.05) is 13.8 Å². The van der Waals surface area contributed by atoms with Crippen LogP contribution in [0.25, 0.3) is 0 Å². The first kappa shape index (κ1) is 15.5. The van der Waals surface area contributed by atoms with Crippen molar-refractivity contribution in [3.05, 3.63) is 0 Å². The molecular weight excluding hydrogens is 227 g/mol. The zero-order valence-electron chi connectivity index (χ0n) is 11.0. The van der Waals surface area contributed by atoms with E-state index in [4.69, 9.17) is 11.2 Å². The normalized spacial score (nSPS) is 23.9. The second-order valence-electron chi connectivity index (χ2n) is 4.88. The van der Waals surface area contributed by atoms with Gasteiger partial charge in [-0.15, -0.1) is 0 Å². The predicted octanol–water partition coefficient (Wildman–Crippen LogP) is 5.37. The van der Waals surface area contributed by atoms with Crippen LogP contribution in [0.4, 0.5) is 0 Å². The molecule has 0 rings (SSSR count). The molecule has 1 nitrogen and oxygen atoms in total. The van der Waals surface area contributed by atoms with Gasteiger partial charge >= 0.3 is 0 Å². The van der Waals surface area contributed by atoms with Crippen molar-refractivity contribution in [3.8, 4) is 0 Å². The summed E-state index contributed by atoms with van der Waals surface area (Å²) in [6.45, 7) is 10.1. The zero-order chi connectivity index (χ0) is 12.2. The van der Waals surface area contributed by atoms with Crippen LogP contribution in [0.2, 0.25) is 0 Å². The molecule has 0 saturated heterocycles. The van der Waals surface area contributed by atoms with Crippen LogP contribution < -0.4 is 0 Å². The van der Waals surface area contributed by atoms with E-state index in [1.165, 1.54) is 0 Å². The highest BCUT2D eigenvalue weighted by Gasteiger charge is 2.37. The number of hydrogen-bond donors (Lipinski definition) is 0. The standard InChI is InChI=1S/C12H26ClOP/c1-7-9(3)11(5)15(13,14)12(6)10(4)8-2/h9-12H,7-8H2,1-6H3. The largest absolute Gasteiger partial charge is 0.306 e. The van der Waals surface area contributed by atoms with Crippen LogP contribution in [0.5, 0.6) is 0 Å². The van der Waals surface area contributed by atoms with E-state index in [1.54, 1.807) is 0 Å². The Labute approximate surface area is 100 Å². The number of halogens is 1. The minimum Gasteiger partial charge on any atom is -0.306 e. The summed E-state index contributed by atoms with van der Waals surface area (Å²) >= 11 is 6.34. The fraction of sp³-hybridized carbons (Fsp3) is 1.00. The first-order valence-corrected chi connectivity index (χ1v) is 8.82. The van der Waals surface area contributed by atoms with Gasteiger partial charge in [-0.05, 0) is 11.8 Å². The first-order valence-electron chi connectivity index (χ1n) is 6.07. The Bertz CT molecular complexity index is 210. The molecule has 0 radical (unpaired) electrons. The van der Waals surface area contributed by atoms with Gasteiger partial charge in [-0.1, -0.05) is 65.6 Å². The predicted molar refractivity (Wildman–Crippen MR) is 71.3 cm³/mol. The molecule has 0 saturated carbocycles. The Morgan fingerprint density at radius 1 is 0.933 bits per heavy atom. The molecule has 0 N–H and O–H groups in total. The van der Waals surface area contributed by atoms with Gasteiger partial charge in [-0.3, -0.25) is 0 Å². The third-order valence-corrected chi connectivity index (χ3v) is 9.13. The van der Waals surface area contributed by atoms with E-state index in [-0.39, 0.29) is 11.3 Å². The van der Waals surface area contributed by atoms with Gasteiger partial charge in [0.25, 0.3) is 0 Å². The van der Waals surface area contributed by atoms with E-state index >= 15 is 0 Å². The van der Waals surface area contributed by atoms with E-state index in [0.29, 0.717) is 11.8 Å². The van der Waals surface area contributed by atoms with Gasteiger partial charge in [-0.2, -0.15) is 0 Å². The summed E-state index contributed by atoms with van der Waals surface area (Å²) in [5.41, 5.74) is 0.265. The number of hydrogen-bond acceptors (Lipinski definition) is 1. The third-order valence-electron chi connectivity index (χ3n) is 4.05. The highest BCUT2D eigenvalue weighted by atomic mass is 35.7. The zero-order valence-corrected chi connectivity index (χ0v) is 12.6. The van der Waals surface area contributed by atoms with E-state index in [2.05, 4.69) is 27.7 Å². The summed E-state index contributed by atoms with van der Waals surface area (Å²) in [4.78, 5) is 0. The minimum absolute atomic E-state index is 0.133. The fourth-order valence-corrected chi connectivity index (χ4v) is 5.45. The van der Waals surface area contributed by atoms with E-state index < -0.39 is 6.49 Å². The molecule has 0 aliphatic heterocycles. The van der Waals surface area contributed by atoms with E-state index in [9.17, 15) is 4.57 Å². The Kier molecular flexibility index (Phi) is 6.52. The molecule has 4 unspecified atom stereocenters. The van der Waals surface area contributed by atoms with Crippen LogP contribution in [0, 0.1) is 11.8 Å². The van der Waals surface area contributed by atoms with Gasteiger partial charge in [0.05, 0.1) is 0 Å². The first-order chi connectivity index (χ1) is 6.78. The Morgan fingerprint density at radius 3 is 1.40 bits per heavy atom. The molecule has 0 aliphatic carbocycles. The Balaban J connectivity index is 4.73. The summed E-state index contributed by atoms with van der Waals surface area (Å²) in [6, 6.07) is 0. The van der Waals surface area contributed by atoms with Crippen molar-refractivity contribution in [2.24, 2.45) is 11.8 Å². The second-order valence-corrected chi connectivity index (χ2v) is 9.34. The van der Waals surface area contributed by atoms with Crippen molar-refractivity contribution in [2.75, 3.05) is 0 Å². The van der Waals surface area contributed by atoms with Gasteiger partial charge in [-0.25, -0.2) is 0 Å². The lowest BCUT2D eigenvalue weighted by Gasteiger charge is -2.31. The SMILES string of the molecule is CCC(C)C(C)P(=O)(Cl)C(C)C(C)CC. The lowest BCUT2D eigenvalue weighted by molar-refractivity contribution is 0.480. The van der Waals surface area contributed by atoms with Crippen molar-refractivity contribution in [2.45, 2.75) is 65.7 Å². The summed E-state index contributed by atoms with van der Waals surface area (Å²) in [7, 11) is 0.